The molecular formula is C29H18F3N3NiO3. The molecule has 4 rings (SSSR count). The van der Waals surface area contributed by atoms with Gasteiger partial charge in [0, 0.05) is 35.0 Å². The quantitative estimate of drug-likeness (QED) is 0.144. The van der Waals surface area contributed by atoms with E-state index in [9.17, 15) is 28.2 Å². The molecule has 198 valence electrons. The molecule has 0 saturated carbocycles. The maximum atomic E-state index is 13.2. The molecule has 0 bridgehead atoms. The first-order valence-electron chi connectivity index (χ1n) is 11.2. The number of carbonyl (C=O) groups excluding carboxylic acids is 1. The third-order valence-electron chi connectivity index (χ3n) is 5.36. The molecule has 0 aliphatic heterocycles. The number of halogens is 3. The number of hydrogen-bond acceptors (Lipinski definition) is 6. The smallest absolute Gasteiger partial charge is 0.857 e. The van der Waals surface area contributed by atoms with Crippen LogP contribution in [0, 0.1) is 0 Å². The first kappa shape index (κ1) is 29.0. The Hall–Kier alpha value is -4.56. The minimum atomic E-state index is -4.66. The van der Waals surface area contributed by atoms with E-state index in [-0.39, 0.29) is 39.1 Å². The maximum Gasteiger partial charge on any atom is 2.00 e. The zero-order valence-corrected chi connectivity index (χ0v) is 20.9. The van der Waals surface area contributed by atoms with Crippen molar-refractivity contribution >= 4 is 28.8 Å². The van der Waals surface area contributed by atoms with Crippen LogP contribution in [-0.4, -0.2) is 22.6 Å². The summed E-state index contributed by atoms with van der Waals surface area (Å²) in [5, 5.41) is 24.6. The van der Waals surface area contributed by atoms with Gasteiger partial charge in [0.15, 0.2) is 0 Å². The van der Waals surface area contributed by atoms with Crippen LogP contribution >= 0.6 is 0 Å². The molecule has 1 heterocycles. The maximum absolute atomic E-state index is 13.2. The molecule has 0 radical (unpaired) electrons. The molecule has 0 aliphatic carbocycles. The van der Waals surface area contributed by atoms with Gasteiger partial charge in [-0.15, -0.1) is 0 Å². The third kappa shape index (κ3) is 7.27. The van der Waals surface area contributed by atoms with Gasteiger partial charge in [-0.3, -0.25) is 15.0 Å². The van der Waals surface area contributed by atoms with Crippen molar-refractivity contribution in [1.82, 2.24) is 4.98 Å². The van der Waals surface area contributed by atoms with Gasteiger partial charge in [0.2, 0.25) is 0 Å². The number of alkyl halides is 3. The van der Waals surface area contributed by atoms with Gasteiger partial charge < -0.3 is 15.0 Å². The summed E-state index contributed by atoms with van der Waals surface area (Å²) in [6.45, 7) is 0. The number of aliphatic carboxylic acids is 1. The summed E-state index contributed by atoms with van der Waals surface area (Å²) in [4.78, 5) is 24.5. The van der Waals surface area contributed by atoms with Crippen molar-refractivity contribution in [3.63, 3.8) is 0 Å². The predicted molar refractivity (Wildman–Crippen MR) is 133 cm³/mol. The Kier molecular flexibility index (Phi) is 9.52. The number of carbonyl (C=O) groups is 1. The Labute approximate surface area is 231 Å². The molecule has 0 saturated heterocycles. The monoisotopic (exact) mass is 571 g/mol. The fraction of sp³-hybridized carbons (Fsp3) is 0.0345. The molecule has 10 heteroatoms. The van der Waals surface area contributed by atoms with Crippen LogP contribution in [0.3, 0.4) is 0 Å². The summed E-state index contributed by atoms with van der Waals surface area (Å²) in [6, 6.07) is 24.0. The summed E-state index contributed by atoms with van der Waals surface area (Å²) in [7, 11) is 0. The molecule has 0 spiro atoms. The van der Waals surface area contributed by atoms with E-state index in [0.29, 0.717) is 17.2 Å². The van der Waals surface area contributed by atoms with Crippen LogP contribution in [0.1, 0.15) is 27.9 Å². The SMILES string of the molecule is O=C([O-])/C(=C\N=C(c1ccccc1)c1ccccc1N=C([O-])c1ccccn1)c1cccc(C(F)(F)F)c1.[Ni+2]. The molecule has 39 heavy (non-hydrogen) atoms. The van der Waals surface area contributed by atoms with Gasteiger partial charge in [0.1, 0.15) is 0 Å². The average molecular weight is 572 g/mol. The first-order valence-corrected chi connectivity index (χ1v) is 11.2. The third-order valence-corrected chi connectivity index (χ3v) is 5.36. The number of hydrogen-bond donors (Lipinski definition) is 0. The van der Waals surface area contributed by atoms with Gasteiger partial charge in [-0.25, -0.2) is 0 Å². The van der Waals surface area contributed by atoms with Crippen LogP contribution in [0.25, 0.3) is 5.57 Å². The molecule has 0 unspecified atom stereocenters. The molecule has 0 N–H and O–H groups in total. The Morgan fingerprint density at radius 1 is 0.821 bits per heavy atom. The van der Waals surface area contributed by atoms with E-state index in [4.69, 9.17) is 0 Å². The van der Waals surface area contributed by atoms with Gasteiger partial charge in [-0.2, -0.15) is 13.2 Å². The van der Waals surface area contributed by atoms with Crippen LogP contribution in [0.4, 0.5) is 18.9 Å². The van der Waals surface area contributed by atoms with Crippen LogP contribution in [-0.2, 0) is 27.5 Å². The average Bonchev–Trinajstić information content (AvgIpc) is 2.92. The van der Waals surface area contributed by atoms with Gasteiger partial charge in [-0.1, -0.05) is 66.7 Å². The van der Waals surface area contributed by atoms with E-state index in [1.165, 1.54) is 18.3 Å². The van der Waals surface area contributed by atoms with Crippen molar-refractivity contribution in [2.45, 2.75) is 6.18 Å². The van der Waals surface area contributed by atoms with E-state index < -0.39 is 29.2 Å². The number of aliphatic imine (C=N–C) groups is 2. The fourth-order valence-electron chi connectivity index (χ4n) is 3.56. The minimum Gasteiger partial charge on any atom is -0.857 e. The van der Waals surface area contributed by atoms with Crippen LogP contribution in [0.2, 0.25) is 0 Å². The number of pyridine rings is 1. The van der Waals surface area contributed by atoms with Gasteiger partial charge in [0.05, 0.1) is 28.6 Å². The normalized spacial score (nSPS) is 12.5. The number of nitrogens with zero attached hydrogens (tertiary/aromatic N) is 3. The molecule has 4 aromatic rings. The Morgan fingerprint density at radius 2 is 1.49 bits per heavy atom. The summed E-state index contributed by atoms with van der Waals surface area (Å²) in [5.74, 6) is -2.30. The van der Waals surface area contributed by atoms with Crippen molar-refractivity contribution in [3.05, 3.63) is 137 Å². The van der Waals surface area contributed by atoms with Crippen molar-refractivity contribution in [3.8, 4) is 0 Å². The summed E-state index contributed by atoms with van der Waals surface area (Å²) in [5.41, 5.74) is -0.226. The second-order valence-electron chi connectivity index (χ2n) is 7.90. The van der Waals surface area contributed by atoms with Crippen LogP contribution in [0.15, 0.2) is 119 Å². The molecule has 0 aliphatic rings. The molecule has 0 fully saturated rings. The molecule has 3 aromatic carbocycles. The topological polar surface area (TPSA) is 101 Å². The number of carboxylic acid groups (broad SMARTS) is 1. The van der Waals surface area contributed by atoms with Crippen molar-refractivity contribution in [2.75, 3.05) is 0 Å². The Morgan fingerprint density at radius 3 is 2.15 bits per heavy atom. The number of rotatable bonds is 7. The van der Waals surface area contributed by atoms with Crippen molar-refractivity contribution < 1.29 is 44.7 Å². The van der Waals surface area contributed by atoms with Gasteiger partial charge in [0.25, 0.3) is 0 Å². The number of aromatic nitrogens is 1. The second-order valence-corrected chi connectivity index (χ2v) is 7.90. The first-order chi connectivity index (χ1) is 18.2. The second kappa shape index (κ2) is 12.8. The molecule has 1 aromatic heterocycles. The van der Waals surface area contributed by atoms with E-state index in [0.717, 1.165) is 18.3 Å². The summed E-state index contributed by atoms with van der Waals surface area (Å²) in [6.07, 6.45) is -2.26. The number of benzene rings is 3. The molecular weight excluding hydrogens is 554 g/mol. The number of para-hydroxylation sites is 1. The van der Waals surface area contributed by atoms with E-state index in [1.54, 1.807) is 66.7 Å². The van der Waals surface area contributed by atoms with Crippen molar-refractivity contribution in [1.29, 1.82) is 0 Å². The Bertz CT molecular complexity index is 1540. The summed E-state index contributed by atoms with van der Waals surface area (Å²) < 4.78 is 39.6. The van der Waals surface area contributed by atoms with Crippen LogP contribution in [0.5, 0.6) is 0 Å². The van der Waals surface area contributed by atoms with Gasteiger partial charge >= 0.3 is 22.7 Å². The molecule has 6 nitrogen and oxygen atoms in total. The molecule has 0 amide bonds. The van der Waals surface area contributed by atoms with Gasteiger partial charge in [-0.05, 0) is 35.9 Å². The minimum absolute atomic E-state index is 0. The van der Waals surface area contributed by atoms with Crippen molar-refractivity contribution in [2.24, 2.45) is 9.98 Å². The Balaban J connectivity index is 0.00000420. The number of carboxylic acids is 1. The predicted octanol–water partition coefficient (Wildman–Crippen LogP) is 4.16. The zero-order chi connectivity index (χ0) is 27.1. The summed E-state index contributed by atoms with van der Waals surface area (Å²) >= 11 is 0. The van der Waals surface area contributed by atoms with E-state index in [2.05, 4.69) is 15.0 Å². The molecule has 0 atom stereocenters. The standard InChI is InChI=1S/C29H20F3N3O3.Ni/c30-29(31,32)21-12-8-11-20(17-21)23(28(37)38)18-34-26(19-9-2-1-3-10-19)22-13-4-5-14-24(22)35-27(36)25-15-6-7-16-33-25;/h1-18H,(H,35,36)(H,37,38);/q;+2/p-2/b23-18-,34-26?;. The van der Waals surface area contributed by atoms with Crippen LogP contribution < -0.4 is 10.2 Å². The van der Waals surface area contributed by atoms with E-state index >= 15 is 0 Å². The zero-order valence-electron chi connectivity index (χ0n) is 19.9. The fourth-order valence-corrected chi connectivity index (χ4v) is 3.56. The largest absolute Gasteiger partial charge is 2.00 e. The van der Waals surface area contributed by atoms with E-state index in [1.807, 2.05) is 0 Å².